The molecule has 2 heterocycles. The second-order valence-corrected chi connectivity index (χ2v) is 8.87. The summed E-state index contributed by atoms with van der Waals surface area (Å²) in [4.78, 5) is 14.7. The minimum atomic E-state index is 0.147. The lowest BCUT2D eigenvalue weighted by Gasteiger charge is -2.30. The summed E-state index contributed by atoms with van der Waals surface area (Å²) in [5.41, 5.74) is 1.78. The number of rotatable bonds is 7. The number of ether oxygens (including phenoxy) is 2. The van der Waals surface area contributed by atoms with Gasteiger partial charge in [-0.2, -0.15) is 0 Å². The highest BCUT2D eigenvalue weighted by Gasteiger charge is 2.22. The molecule has 4 rings (SSSR count). The molecule has 1 aliphatic rings. The predicted molar refractivity (Wildman–Crippen MR) is 126 cm³/mol. The second kappa shape index (κ2) is 10.1. The number of benzene rings is 2. The van der Waals surface area contributed by atoms with Gasteiger partial charge >= 0.3 is 0 Å². The Labute approximate surface area is 192 Å². The van der Waals surface area contributed by atoms with Gasteiger partial charge in [-0.25, -0.2) is 0 Å². The van der Waals surface area contributed by atoms with Crippen LogP contribution in [0.25, 0.3) is 17.1 Å². The van der Waals surface area contributed by atoms with E-state index in [0.717, 1.165) is 48.7 Å². The number of thioether (sulfide) groups is 1. The molecule has 0 N–H and O–H groups in total. The molecule has 0 unspecified atom stereocenters. The van der Waals surface area contributed by atoms with Crippen LogP contribution < -0.4 is 9.47 Å². The van der Waals surface area contributed by atoms with E-state index in [-0.39, 0.29) is 5.91 Å². The molecule has 0 atom stereocenters. The summed E-state index contributed by atoms with van der Waals surface area (Å²) in [5.74, 6) is 3.38. The van der Waals surface area contributed by atoms with Crippen LogP contribution in [0.3, 0.4) is 0 Å². The van der Waals surface area contributed by atoms with Crippen LogP contribution in [-0.4, -0.2) is 58.6 Å². The molecule has 3 aromatic rings. The molecule has 0 radical (unpaired) electrons. The molecule has 168 valence electrons. The molecule has 7 nitrogen and oxygen atoms in total. The summed E-state index contributed by atoms with van der Waals surface area (Å²) in [6.45, 7) is 3.91. The molecule has 1 aromatic heterocycles. The molecule has 0 bridgehead atoms. The maximum atomic E-state index is 12.8. The average molecular weight is 453 g/mol. The van der Waals surface area contributed by atoms with Gasteiger partial charge < -0.3 is 14.4 Å². The predicted octanol–water partition coefficient (Wildman–Crippen LogP) is 4.30. The monoisotopic (exact) mass is 452 g/mol. The third-order valence-electron chi connectivity index (χ3n) is 5.75. The van der Waals surface area contributed by atoms with Crippen LogP contribution >= 0.6 is 11.8 Å². The van der Waals surface area contributed by atoms with Crippen molar-refractivity contribution in [1.82, 2.24) is 19.7 Å². The van der Waals surface area contributed by atoms with Crippen molar-refractivity contribution in [3.05, 3.63) is 48.5 Å². The van der Waals surface area contributed by atoms with E-state index in [0.29, 0.717) is 22.7 Å². The number of hydrogen-bond acceptors (Lipinski definition) is 6. The molecule has 0 spiro atoms. The zero-order valence-corrected chi connectivity index (χ0v) is 19.5. The van der Waals surface area contributed by atoms with E-state index in [2.05, 4.69) is 17.1 Å². The molecule has 32 heavy (non-hydrogen) atoms. The molecule has 0 aliphatic carbocycles. The van der Waals surface area contributed by atoms with Gasteiger partial charge in [0.2, 0.25) is 5.91 Å². The second-order valence-electron chi connectivity index (χ2n) is 7.92. The number of likely N-dealkylation sites (tertiary alicyclic amines) is 1. The van der Waals surface area contributed by atoms with E-state index in [1.807, 2.05) is 58.0 Å². The first kappa shape index (κ1) is 22.2. The summed E-state index contributed by atoms with van der Waals surface area (Å²) in [6, 6.07) is 15.5. The third-order valence-corrected chi connectivity index (χ3v) is 6.67. The first-order valence-corrected chi connectivity index (χ1v) is 11.7. The van der Waals surface area contributed by atoms with Crippen LogP contribution in [0.5, 0.6) is 11.5 Å². The van der Waals surface area contributed by atoms with Crippen LogP contribution in [0.15, 0.2) is 53.7 Å². The Bertz CT molecular complexity index is 1060. The van der Waals surface area contributed by atoms with Gasteiger partial charge in [-0.1, -0.05) is 30.8 Å². The van der Waals surface area contributed by atoms with Crippen molar-refractivity contribution in [3.63, 3.8) is 0 Å². The van der Waals surface area contributed by atoms with E-state index in [4.69, 9.17) is 9.47 Å². The first-order valence-electron chi connectivity index (χ1n) is 10.7. The van der Waals surface area contributed by atoms with E-state index < -0.39 is 0 Å². The van der Waals surface area contributed by atoms with E-state index in [1.165, 1.54) is 11.8 Å². The van der Waals surface area contributed by atoms with Gasteiger partial charge in [0.25, 0.3) is 0 Å². The van der Waals surface area contributed by atoms with Crippen molar-refractivity contribution >= 4 is 17.7 Å². The van der Waals surface area contributed by atoms with E-state index in [9.17, 15) is 4.79 Å². The minimum absolute atomic E-state index is 0.147. The smallest absolute Gasteiger partial charge is 0.233 e. The molecule has 0 saturated carbocycles. The number of amides is 1. The normalized spacial score (nSPS) is 14.4. The SMILES string of the molecule is COc1ccc(-n2c(SCC(=O)N3CCC(C)CC3)nnc2-c2cccc(OC)c2)cc1. The number of carbonyl (C=O) groups excluding carboxylic acids is 1. The Morgan fingerprint density at radius 1 is 1.03 bits per heavy atom. The third kappa shape index (κ3) is 4.91. The Morgan fingerprint density at radius 2 is 1.75 bits per heavy atom. The Morgan fingerprint density at radius 3 is 2.44 bits per heavy atom. The minimum Gasteiger partial charge on any atom is -0.497 e. The van der Waals surface area contributed by atoms with Gasteiger partial charge in [-0.05, 0) is 55.2 Å². The highest BCUT2D eigenvalue weighted by Crippen LogP contribution is 2.30. The summed E-state index contributed by atoms with van der Waals surface area (Å²) in [7, 11) is 3.28. The van der Waals surface area contributed by atoms with E-state index >= 15 is 0 Å². The lowest BCUT2D eigenvalue weighted by Crippen LogP contribution is -2.38. The van der Waals surface area contributed by atoms with Crippen molar-refractivity contribution in [2.45, 2.75) is 24.9 Å². The zero-order chi connectivity index (χ0) is 22.5. The fourth-order valence-corrected chi connectivity index (χ4v) is 4.61. The van der Waals surface area contributed by atoms with Crippen LogP contribution in [-0.2, 0) is 4.79 Å². The lowest BCUT2D eigenvalue weighted by molar-refractivity contribution is -0.129. The topological polar surface area (TPSA) is 69.5 Å². The fraction of sp³-hybridized carbons (Fsp3) is 0.375. The molecular weight excluding hydrogens is 424 g/mol. The summed E-state index contributed by atoms with van der Waals surface area (Å²) in [5, 5.41) is 9.56. The molecule has 1 amide bonds. The molecule has 1 fully saturated rings. The van der Waals surface area contributed by atoms with Gasteiger partial charge in [0.05, 0.1) is 20.0 Å². The van der Waals surface area contributed by atoms with Gasteiger partial charge in [0, 0.05) is 24.3 Å². The number of hydrogen-bond donors (Lipinski definition) is 0. The molecule has 2 aromatic carbocycles. The van der Waals surface area contributed by atoms with Crippen LogP contribution in [0.1, 0.15) is 19.8 Å². The largest absolute Gasteiger partial charge is 0.497 e. The van der Waals surface area contributed by atoms with Gasteiger partial charge in [-0.15, -0.1) is 10.2 Å². The van der Waals surface area contributed by atoms with E-state index in [1.54, 1.807) is 14.2 Å². The summed E-state index contributed by atoms with van der Waals surface area (Å²) >= 11 is 1.42. The Kier molecular flexibility index (Phi) is 6.99. The first-order chi connectivity index (χ1) is 15.6. The van der Waals surface area contributed by atoms with Crippen LogP contribution in [0.4, 0.5) is 0 Å². The number of methoxy groups -OCH3 is 2. The Hall–Kier alpha value is -3.00. The highest BCUT2D eigenvalue weighted by molar-refractivity contribution is 7.99. The number of nitrogens with zero attached hydrogens (tertiary/aromatic N) is 4. The zero-order valence-electron chi connectivity index (χ0n) is 18.7. The molecule has 1 aliphatic heterocycles. The quantitative estimate of drug-likeness (QED) is 0.498. The fourth-order valence-electron chi connectivity index (χ4n) is 3.75. The van der Waals surface area contributed by atoms with Crippen molar-refractivity contribution < 1.29 is 14.3 Å². The molecule has 1 saturated heterocycles. The highest BCUT2D eigenvalue weighted by atomic mass is 32.2. The van der Waals surface area contributed by atoms with Crippen molar-refractivity contribution in [1.29, 1.82) is 0 Å². The van der Waals surface area contributed by atoms with Crippen molar-refractivity contribution in [3.8, 4) is 28.6 Å². The van der Waals surface area contributed by atoms with Crippen molar-refractivity contribution in [2.75, 3.05) is 33.1 Å². The maximum Gasteiger partial charge on any atom is 0.233 e. The maximum absolute atomic E-state index is 12.8. The molecule has 8 heteroatoms. The number of piperidine rings is 1. The van der Waals surface area contributed by atoms with Crippen LogP contribution in [0.2, 0.25) is 0 Å². The van der Waals surface area contributed by atoms with Crippen LogP contribution in [0, 0.1) is 5.92 Å². The van der Waals surface area contributed by atoms with Gasteiger partial charge in [0.15, 0.2) is 11.0 Å². The van der Waals surface area contributed by atoms with Gasteiger partial charge in [-0.3, -0.25) is 9.36 Å². The van der Waals surface area contributed by atoms with Gasteiger partial charge in [0.1, 0.15) is 11.5 Å². The number of aromatic nitrogens is 3. The standard InChI is InChI=1S/C24H28N4O3S/c1-17-11-13-27(14-12-17)22(29)16-32-24-26-25-23(18-5-4-6-21(15-18)31-3)28(24)19-7-9-20(30-2)10-8-19/h4-10,15,17H,11-14,16H2,1-3H3. The lowest BCUT2D eigenvalue weighted by atomic mass is 9.99. The summed E-state index contributed by atoms with van der Waals surface area (Å²) < 4.78 is 12.7. The summed E-state index contributed by atoms with van der Waals surface area (Å²) in [6.07, 6.45) is 2.14. The molecular formula is C24H28N4O3S. The number of carbonyl (C=O) groups is 1. The Balaban J connectivity index is 1.62. The average Bonchev–Trinajstić information content (AvgIpc) is 3.27. The van der Waals surface area contributed by atoms with Crippen molar-refractivity contribution in [2.24, 2.45) is 5.92 Å².